The smallest absolute Gasteiger partial charge is 0.263 e. The fourth-order valence-corrected chi connectivity index (χ4v) is 5.03. The summed E-state index contributed by atoms with van der Waals surface area (Å²) in [6.07, 6.45) is 0. The zero-order valence-corrected chi connectivity index (χ0v) is 18.0. The van der Waals surface area contributed by atoms with Gasteiger partial charge in [0.05, 0.1) is 10.6 Å². The number of carbonyl (C=O) groups excluding carboxylic acids is 1. The van der Waals surface area contributed by atoms with Gasteiger partial charge in [-0.25, -0.2) is 21.6 Å². The summed E-state index contributed by atoms with van der Waals surface area (Å²) in [5.41, 5.74) is 1.65. The Bertz CT molecular complexity index is 1210. The van der Waals surface area contributed by atoms with Crippen LogP contribution in [0.2, 0.25) is 0 Å². The Morgan fingerprint density at radius 2 is 1.73 bits per heavy atom. The standard InChI is InChI=1S/C19H22N4O5S2/c1-13(22-18-16-9-5-6-10-17(16)30(27,28)23-18)19(24)21-11-14-7-3-4-8-15(14)12-29(25,26)20-2/h3-10,13,20H,11-12H2,1-2H3,(H,21,24)(H,22,23)/t13-/m1/s1. The second kappa shape index (κ2) is 8.54. The van der Waals surface area contributed by atoms with Crippen molar-refractivity contribution in [2.45, 2.75) is 30.2 Å². The maximum Gasteiger partial charge on any atom is 0.263 e. The maximum absolute atomic E-state index is 12.5. The van der Waals surface area contributed by atoms with Gasteiger partial charge >= 0.3 is 0 Å². The van der Waals surface area contributed by atoms with Crippen molar-refractivity contribution in [2.24, 2.45) is 4.99 Å². The predicted molar refractivity (Wildman–Crippen MR) is 113 cm³/mol. The van der Waals surface area contributed by atoms with E-state index >= 15 is 0 Å². The van der Waals surface area contributed by atoms with Gasteiger partial charge < -0.3 is 5.32 Å². The molecule has 0 aliphatic carbocycles. The summed E-state index contributed by atoms with van der Waals surface area (Å²) in [5.74, 6) is -0.502. The molecule has 2 aromatic carbocycles. The molecule has 1 atom stereocenters. The topological polar surface area (TPSA) is 134 Å². The number of rotatable bonds is 7. The molecule has 0 spiro atoms. The molecule has 1 aliphatic heterocycles. The second-order valence-corrected chi connectivity index (χ2v) is 10.3. The summed E-state index contributed by atoms with van der Waals surface area (Å²) in [6, 6.07) is 12.4. The lowest BCUT2D eigenvalue weighted by Crippen LogP contribution is -2.34. The van der Waals surface area contributed by atoms with Crippen molar-refractivity contribution in [3.63, 3.8) is 0 Å². The number of hydrogen-bond donors (Lipinski definition) is 3. The number of amides is 1. The molecule has 0 aromatic heterocycles. The van der Waals surface area contributed by atoms with Crippen molar-refractivity contribution >= 4 is 31.8 Å². The minimum atomic E-state index is -3.68. The van der Waals surface area contributed by atoms with Crippen LogP contribution < -0.4 is 14.8 Å². The van der Waals surface area contributed by atoms with E-state index in [9.17, 15) is 21.6 Å². The van der Waals surface area contributed by atoms with Crippen molar-refractivity contribution < 1.29 is 21.6 Å². The van der Waals surface area contributed by atoms with Crippen LogP contribution in [0.5, 0.6) is 0 Å². The van der Waals surface area contributed by atoms with E-state index in [4.69, 9.17) is 0 Å². The summed E-state index contributed by atoms with van der Waals surface area (Å²) in [4.78, 5) is 16.9. The van der Waals surface area contributed by atoms with Crippen LogP contribution in [0.25, 0.3) is 0 Å². The molecule has 1 amide bonds. The van der Waals surface area contributed by atoms with Gasteiger partial charge in [0.2, 0.25) is 15.9 Å². The van der Waals surface area contributed by atoms with Crippen LogP contribution >= 0.6 is 0 Å². The van der Waals surface area contributed by atoms with Crippen LogP contribution in [0.15, 0.2) is 58.4 Å². The summed E-state index contributed by atoms with van der Waals surface area (Å²) < 4.78 is 52.6. The first-order valence-electron chi connectivity index (χ1n) is 9.09. The predicted octanol–water partition coefficient (Wildman–Crippen LogP) is 0.479. The number of carbonyl (C=O) groups is 1. The Balaban J connectivity index is 1.72. The van der Waals surface area contributed by atoms with Gasteiger partial charge in [0.15, 0.2) is 0 Å². The van der Waals surface area contributed by atoms with Crippen molar-refractivity contribution in [3.05, 3.63) is 65.2 Å². The Kier molecular flexibility index (Phi) is 6.25. The Morgan fingerprint density at radius 3 is 2.43 bits per heavy atom. The van der Waals surface area contributed by atoms with Crippen molar-refractivity contribution in [2.75, 3.05) is 7.05 Å². The highest BCUT2D eigenvalue weighted by Crippen LogP contribution is 2.22. The lowest BCUT2D eigenvalue weighted by molar-refractivity contribution is -0.122. The summed E-state index contributed by atoms with van der Waals surface area (Å²) in [6.45, 7) is 1.67. The molecule has 11 heteroatoms. The third-order valence-corrected chi connectivity index (χ3v) is 7.30. The highest BCUT2D eigenvalue weighted by molar-refractivity contribution is 7.90. The molecule has 160 valence electrons. The Labute approximate surface area is 175 Å². The SMILES string of the molecule is CNS(=O)(=O)Cc1ccccc1CNC(=O)[C@@H](C)N=C1NS(=O)(=O)c2ccccc21. The molecular weight excluding hydrogens is 428 g/mol. The van der Waals surface area contributed by atoms with Crippen LogP contribution in [0.4, 0.5) is 0 Å². The molecule has 1 aliphatic rings. The largest absolute Gasteiger partial charge is 0.350 e. The van der Waals surface area contributed by atoms with Gasteiger partial charge in [-0.3, -0.25) is 14.5 Å². The van der Waals surface area contributed by atoms with E-state index in [0.29, 0.717) is 16.7 Å². The Hall–Kier alpha value is -2.76. The van der Waals surface area contributed by atoms with Crippen LogP contribution in [-0.4, -0.2) is 41.7 Å². The molecule has 0 unspecified atom stereocenters. The number of amidine groups is 1. The molecule has 1 heterocycles. The van der Waals surface area contributed by atoms with Crippen LogP contribution in [0, 0.1) is 0 Å². The molecule has 0 radical (unpaired) electrons. The van der Waals surface area contributed by atoms with Crippen molar-refractivity contribution in [1.29, 1.82) is 0 Å². The van der Waals surface area contributed by atoms with Gasteiger partial charge in [-0.05, 0) is 37.2 Å². The lowest BCUT2D eigenvalue weighted by atomic mass is 10.1. The van der Waals surface area contributed by atoms with Crippen LogP contribution in [0.1, 0.15) is 23.6 Å². The number of benzene rings is 2. The van der Waals surface area contributed by atoms with E-state index in [-0.39, 0.29) is 23.0 Å². The summed E-state index contributed by atoms with van der Waals surface area (Å²) in [5, 5.41) is 2.72. The monoisotopic (exact) mass is 450 g/mol. The molecule has 3 rings (SSSR count). The Morgan fingerprint density at radius 1 is 1.10 bits per heavy atom. The van der Waals surface area contributed by atoms with Gasteiger partial charge in [-0.1, -0.05) is 36.4 Å². The fraction of sp³-hybridized carbons (Fsp3) is 0.263. The quantitative estimate of drug-likeness (QED) is 0.564. The first-order valence-corrected chi connectivity index (χ1v) is 12.2. The number of fused-ring (bicyclic) bond motifs is 1. The molecular formula is C19H22N4O5S2. The first-order chi connectivity index (χ1) is 14.1. The molecule has 2 aromatic rings. The molecule has 3 N–H and O–H groups in total. The van der Waals surface area contributed by atoms with E-state index in [1.54, 1.807) is 49.4 Å². The van der Waals surface area contributed by atoms with E-state index in [1.807, 2.05) is 0 Å². The highest BCUT2D eigenvalue weighted by Gasteiger charge is 2.31. The van der Waals surface area contributed by atoms with Crippen LogP contribution in [0.3, 0.4) is 0 Å². The minimum Gasteiger partial charge on any atom is -0.350 e. The fourth-order valence-electron chi connectivity index (χ4n) is 2.96. The lowest BCUT2D eigenvalue weighted by Gasteiger charge is -2.13. The van der Waals surface area contributed by atoms with E-state index in [0.717, 1.165) is 0 Å². The second-order valence-electron chi connectivity index (χ2n) is 6.71. The zero-order valence-electron chi connectivity index (χ0n) is 16.4. The van der Waals surface area contributed by atoms with Crippen molar-refractivity contribution in [1.82, 2.24) is 14.8 Å². The van der Waals surface area contributed by atoms with Gasteiger partial charge in [-0.15, -0.1) is 0 Å². The third kappa shape index (κ3) is 4.86. The molecule has 0 saturated carbocycles. The van der Waals surface area contributed by atoms with E-state index in [1.165, 1.54) is 13.1 Å². The number of nitrogens with one attached hydrogen (secondary N) is 3. The summed E-state index contributed by atoms with van der Waals surface area (Å²) in [7, 11) is -5.79. The number of sulfonamides is 2. The average molecular weight is 451 g/mol. The molecule has 0 bridgehead atoms. The molecule has 30 heavy (non-hydrogen) atoms. The van der Waals surface area contributed by atoms with E-state index < -0.39 is 32.0 Å². The maximum atomic E-state index is 12.5. The summed E-state index contributed by atoms with van der Waals surface area (Å²) >= 11 is 0. The average Bonchev–Trinajstić information content (AvgIpc) is 2.97. The van der Waals surface area contributed by atoms with Gasteiger partial charge in [0.25, 0.3) is 10.0 Å². The number of nitrogens with zero attached hydrogens (tertiary/aromatic N) is 1. The van der Waals surface area contributed by atoms with Gasteiger partial charge in [0, 0.05) is 12.1 Å². The highest BCUT2D eigenvalue weighted by atomic mass is 32.2. The minimum absolute atomic E-state index is 0.117. The van der Waals surface area contributed by atoms with Crippen molar-refractivity contribution in [3.8, 4) is 0 Å². The third-order valence-electron chi connectivity index (χ3n) is 4.59. The molecule has 0 saturated heterocycles. The van der Waals surface area contributed by atoms with Crippen LogP contribution in [-0.2, 0) is 37.1 Å². The first kappa shape index (κ1) is 21.9. The zero-order chi connectivity index (χ0) is 21.9. The number of aliphatic imine (C=N–C) groups is 1. The van der Waals surface area contributed by atoms with E-state index in [2.05, 4.69) is 19.8 Å². The van der Waals surface area contributed by atoms with Gasteiger partial charge in [0.1, 0.15) is 11.9 Å². The normalized spacial score (nSPS) is 17.2. The molecule has 9 nitrogen and oxygen atoms in total. The van der Waals surface area contributed by atoms with Gasteiger partial charge in [-0.2, -0.15) is 0 Å². The molecule has 0 fully saturated rings. The number of hydrogen-bond acceptors (Lipinski definition) is 6.